The van der Waals surface area contributed by atoms with E-state index in [1.54, 1.807) is 19.2 Å². The molecule has 8 heteroatoms. The molecule has 3 atom stereocenters. The van der Waals surface area contributed by atoms with E-state index >= 15 is 0 Å². The second kappa shape index (κ2) is 12.3. The second-order valence-corrected chi connectivity index (χ2v) is 12.9. The molecule has 4 N–H and O–H groups in total. The first-order chi connectivity index (χ1) is 21.2. The number of hydrogen-bond acceptors (Lipinski definition) is 8. The summed E-state index contributed by atoms with van der Waals surface area (Å²) in [5.41, 5.74) is 5.39. The Balaban J connectivity index is 1.41. The van der Waals surface area contributed by atoms with Crippen molar-refractivity contribution in [2.75, 3.05) is 14.2 Å². The number of aliphatic hydroxyl groups excluding tert-OH is 1. The molecule has 0 saturated heterocycles. The summed E-state index contributed by atoms with van der Waals surface area (Å²) in [5.74, 6) is 1.77. The molecule has 44 heavy (non-hydrogen) atoms. The molecule has 8 nitrogen and oxygen atoms in total. The fraction of sp³-hybridized carbons (Fsp3) is 0.500. The highest BCUT2D eigenvalue weighted by Gasteiger charge is 2.39. The van der Waals surface area contributed by atoms with Crippen LogP contribution in [-0.4, -0.2) is 46.9 Å². The molecule has 3 aromatic carbocycles. The van der Waals surface area contributed by atoms with Gasteiger partial charge in [-0.3, -0.25) is 0 Å². The smallest absolute Gasteiger partial charge is 0.207 e. The normalized spacial score (nSPS) is 21.2. The van der Waals surface area contributed by atoms with Crippen LogP contribution in [0.25, 0.3) is 11.1 Å². The Morgan fingerprint density at radius 1 is 0.864 bits per heavy atom. The van der Waals surface area contributed by atoms with Gasteiger partial charge in [-0.05, 0) is 85.3 Å². The quantitative estimate of drug-likeness (QED) is 0.211. The summed E-state index contributed by atoms with van der Waals surface area (Å²) in [7, 11) is 3.01. The maximum atomic E-state index is 11.6. The molecular weight excluding hydrogens is 560 g/mol. The molecular formula is C36H44O8. The van der Waals surface area contributed by atoms with Gasteiger partial charge in [-0.1, -0.05) is 32.8 Å². The van der Waals surface area contributed by atoms with Crippen molar-refractivity contribution in [3.63, 3.8) is 0 Å². The third kappa shape index (κ3) is 5.49. The molecule has 0 spiro atoms. The van der Waals surface area contributed by atoms with Gasteiger partial charge in [-0.25, -0.2) is 0 Å². The number of benzene rings is 3. The van der Waals surface area contributed by atoms with Gasteiger partial charge in [0.05, 0.1) is 26.4 Å². The third-order valence-corrected chi connectivity index (χ3v) is 9.58. The SMILES string of the molecule is COc1cc2c(c3c1-c1ccc(O)cc1[C@H](CCC(C)C)C3)C[C@@H](O)[C@H](c1cc(OC3CCCCC3)c(O)c(OC)c1O)O2. The monoisotopic (exact) mass is 604 g/mol. The van der Waals surface area contributed by atoms with Crippen LogP contribution in [0.4, 0.5) is 0 Å². The van der Waals surface area contributed by atoms with E-state index in [4.69, 9.17) is 18.9 Å². The van der Waals surface area contributed by atoms with Crippen molar-refractivity contribution in [3.8, 4) is 51.4 Å². The number of phenolic OH excluding ortho intramolecular Hbond substituents is 3. The number of methoxy groups -OCH3 is 2. The maximum absolute atomic E-state index is 11.6. The van der Waals surface area contributed by atoms with E-state index < -0.39 is 12.2 Å². The first-order valence-electron chi connectivity index (χ1n) is 15.9. The van der Waals surface area contributed by atoms with Crippen LogP contribution in [0.5, 0.6) is 40.2 Å². The van der Waals surface area contributed by atoms with Crippen molar-refractivity contribution in [1.82, 2.24) is 0 Å². The van der Waals surface area contributed by atoms with Gasteiger partial charge in [0.1, 0.15) is 17.2 Å². The van der Waals surface area contributed by atoms with Gasteiger partial charge in [0, 0.05) is 29.2 Å². The van der Waals surface area contributed by atoms with Crippen molar-refractivity contribution in [1.29, 1.82) is 0 Å². The molecule has 1 saturated carbocycles. The fourth-order valence-corrected chi connectivity index (χ4v) is 7.30. The lowest BCUT2D eigenvalue weighted by Crippen LogP contribution is -2.32. The molecule has 0 aromatic heterocycles. The molecule has 3 aromatic rings. The molecule has 236 valence electrons. The Kier molecular flexibility index (Phi) is 8.46. The van der Waals surface area contributed by atoms with Crippen molar-refractivity contribution in [2.24, 2.45) is 5.92 Å². The van der Waals surface area contributed by atoms with Crippen LogP contribution in [0.3, 0.4) is 0 Å². The molecule has 0 unspecified atom stereocenters. The number of ether oxygens (including phenoxy) is 4. The Labute approximate surface area is 259 Å². The van der Waals surface area contributed by atoms with Gasteiger partial charge < -0.3 is 39.4 Å². The summed E-state index contributed by atoms with van der Waals surface area (Å²) >= 11 is 0. The van der Waals surface area contributed by atoms with Crippen LogP contribution in [0.15, 0.2) is 30.3 Å². The van der Waals surface area contributed by atoms with E-state index in [2.05, 4.69) is 13.8 Å². The van der Waals surface area contributed by atoms with E-state index in [0.29, 0.717) is 23.8 Å². The Morgan fingerprint density at radius 3 is 2.34 bits per heavy atom. The van der Waals surface area contributed by atoms with Crippen LogP contribution in [0.1, 0.15) is 93.1 Å². The minimum atomic E-state index is -0.988. The minimum Gasteiger partial charge on any atom is -0.508 e. The lowest BCUT2D eigenvalue weighted by molar-refractivity contribution is 0.0185. The number of aromatic hydroxyl groups is 3. The zero-order chi connectivity index (χ0) is 31.1. The largest absolute Gasteiger partial charge is 0.508 e. The Morgan fingerprint density at radius 2 is 1.64 bits per heavy atom. The van der Waals surface area contributed by atoms with Crippen LogP contribution in [0.2, 0.25) is 0 Å². The molecule has 0 radical (unpaired) electrons. The zero-order valence-corrected chi connectivity index (χ0v) is 26.1. The van der Waals surface area contributed by atoms with Gasteiger partial charge in [-0.2, -0.15) is 0 Å². The molecule has 1 heterocycles. The summed E-state index contributed by atoms with van der Waals surface area (Å²) in [5, 5.41) is 44.1. The van der Waals surface area contributed by atoms with Gasteiger partial charge in [0.2, 0.25) is 11.5 Å². The standard InChI is InChI=1S/C36H44O8/c1-19(2)10-11-20-14-26-25-16-28(38)35(44-29(25)18-30(41-3)32(26)23-13-12-21(37)15-24(20)23)27-17-31(34(40)36(42-4)33(27)39)43-22-8-6-5-7-9-22/h12-13,15,17-20,22,28,35,37-40H,5-11,14,16H2,1-4H3/t20-,28-,35+/m1/s1. The van der Waals surface area contributed by atoms with Crippen molar-refractivity contribution in [2.45, 2.75) is 95.9 Å². The third-order valence-electron chi connectivity index (χ3n) is 9.58. The van der Waals surface area contributed by atoms with E-state index in [-0.39, 0.29) is 46.3 Å². The van der Waals surface area contributed by atoms with E-state index in [0.717, 1.165) is 79.2 Å². The summed E-state index contributed by atoms with van der Waals surface area (Å²) in [6.45, 7) is 4.43. The molecule has 0 amide bonds. The molecule has 0 bridgehead atoms. The van der Waals surface area contributed by atoms with E-state index in [1.165, 1.54) is 7.11 Å². The van der Waals surface area contributed by atoms with Gasteiger partial charge in [0.25, 0.3) is 0 Å². The van der Waals surface area contributed by atoms with Crippen molar-refractivity contribution < 1.29 is 39.4 Å². The average Bonchev–Trinajstić information content (AvgIpc) is 3.01. The van der Waals surface area contributed by atoms with Crippen LogP contribution >= 0.6 is 0 Å². The first-order valence-corrected chi connectivity index (χ1v) is 15.9. The Hall–Kier alpha value is -3.78. The van der Waals surface area contributed by atoms with E-state index in [9.17, 15) is 20.4 Å². The number of phenols is 3. The predicted octanol–water partition coefficient (Wildman–Crippen LogP) is 7.31. The molecule has 1 fully saturated rings. The maximum Gasteiger partial charge on any atom is 0.207 e. The second-order valence-electron chi connectivity index (χ2n) is 12.9. The molecule has 1 aliphatic heterocycles. The minimum absolute atomic E-state index is 0.0427. The topological polar surface area (TPSA) is 118 Å². The van der Waals surface area contributed by atoms with Gasteiger partial charge in [-0.15, -0.1) is 0 Å². The van der Waals surface area contributed by atoms with Gasteiger partial charge in [0.15, 0.2) is 17.6 Å². The summed E-state index contributed by atoms with van der Waals surface area (Å²) in [6, 6.07) is 8.96. The van der Waals surface area contributed by atoms with Crippen LogP contribution in [0, 0.1) is 5.92 Å². The molecule has 2 aliphatic carbocycles. The number of rotatable bonds is 8. The average molecular weight is 605 g/mol. The highest BCUT2D eigenvalue weighted by Crippen LogP contribution is 2.54. The molecule has 6 rings (SSSR count). The Bertz CT molecular complexity index is 1520. The van der Waals surface area contributed by atoms with Crippen molar-refractivity contribution in [3.05, 3.63) is 52.6 Å². The fourth-order valence-electron chi connectivity index (χ4n) is 7.30. The van der Waals surface area contributed by atoms with Crippen molar-refractivity contribution >= 4 is 0 Å². The molecule has 3 aliphatic rings. The van der Waals surface area contributed by atoms with Crippen LogP contribution in [-0.2, 0) is 12.8 Å². The highest BCUT2D eigenvalue weighted by atomic mass is 16.5. The summed E-state index contributed by atoms with van der Waals surface area (Å²) in [6.07, 6.45) is 6.16. The van der Waals surface area contributed by atoms with Crippen LogP contribution < -0.4 is 18.9 Å². The lowest BCUT2D eigenvalue weighted by Gasteiger charge is -2.37. The highest BCUT2D eigenvalue weighted by molar-refractivity contribution is 5.82. The first kappa shape index (κ1) is 30.3. The lowest BCUT2D eigenvalue weighted by atomic mass is 9.73. The number of aliphatic hydroxyl groups is 1. The number of hydrogen-bond donors (Lipinski definition) is 4. The number of fused-ring (bicyclic) bond motifs is 5. The zero-order valence-electron chi connectivity index (χ0n) is 26.1. The van der Waals surface area contributed by atoms with Gasteiger partial charge >= 0.3 is 0 Å². The summed E-state index contributed by atoms with van der Waals surface area (Å²) in [4.78, 5) is 0. The predicted molar refractivity (Wildman–Crippen MR) is 168 cm³/mol. The van der Waals surface area contributed by atoms with E-state index in [1.807, 2.05) is 18.2 Å². The summed E-state index contributed by atoms with van der Waals surface area (Å²) < 4.78 is 24.0.